The first-order chi connectivity index (χ1) is 9.60. The van der Waals surface area contributed by atoms with E-state index in [4.69, 9.17) is 4.52 Å². The highest BCUT2D eigenvalue weighted by atomic mass is 32.2. The second-order valence-corrected chi connectivity index (χ2v) is 7.09. The van der Waals surface area contributed by atoms with Crippen LogP contribution in [-0.2, 0) is 6.42 Å². The summed E-state index contributed by atoms with van der Waals surface area (Å²) in [7, 11) is 4.13. The first-order valence-corrected chi connectivity index (χ1v) is 8.53. The zero-order chi connectivity index (χ0) is 14.5. The molecule has 1 saturated heterocycles. The Balaban J connectivity index is 1.97. The van der Waals surface area contributed by atoms with Gasteiger partial charge in [-0.15, -0.1) is 0 Å². The zero-order valence-corrected chi connectivity index (χ0v) is 13.7. The third kappa shape index (κ3) is 4.20. The van der Waals surface area contributed by atoms with Crippen LogP contribution in [0.3, 0.4) is 0 Å². The fourth-order valence-corrected chi connectivity index (χ4v) is 3.74. The van der Waals surface area contributed by atoms with Gasteiger partial charge in [0.05, 0.1) is 6.04 Å². The molecule has 0 aliphatic carbocycles. The van der Waals surface area contributed by atoms with Gasteiger partial charge in [0.15, 0.2) is 5.82 Å². The van der Waals surface area contributed by atoms with Crippen LogP contribution in [0.2, 0.25) is 0 Å². The molecule has 1 aliphatic heterocycles. The Hall–Kier alpha value is -0.590. The monoisotopic (exact) mass is 298 g/mol. The minimum Gasteiger partial charge on any atom is -0.339 e. The van der Waals surface area contributed by atoms with Crippen LogP contribution in [0.1, 0.15) is 38.0 Å². The van der Waals surface area contributed by atoms with Gasteiger partial charge in [-0.2, -0.15) is 16.7 Å². The highest BCUT2D eigenvalue weighted by Crippen LogP contribution is 2.26. The maximum absolute atomic E-state index is 5.44. The van der Waals surface area contributed by atoms with Gasteiger partial charge in [0.2, 0.25) is 5.89 Å². The Bertz CT molecular complexity index is 410. The lowest BCUT2D eigenvalue weighted by atomic mass is 10.0. The summed E-state index contributed by atoms with van der Waals surface area (Å²) in [5.74, 6) is 4.50. The molecular weight excluding hydrogens is 272 g/mol. The first kappa shape index (κ1) is 15.8. The second kappa shape index (κ2) is 7.43. The van der Waals surface area contributed by atoms with Crippen LogP contribution in [0, 0.1) is 5.92 Å². The highest BCUT2D eigenvalue weighted by Gasteiger charge is 2.26. The Kier molecular flexibility index (Phi) is 5.86. The van der Waals surface area contributed by atoms with Gasteiger partial charge in [0.1, 0.15) is 0 Å². The van der Waals surface area contributed by atoms with Gasteiger partial charge in [-0.25, -0.2) is 0 Å². The van der Waals surface area contributed by atoms with E-state index in [9.17, 15) is 0 Å². The topological polar surface area (TPSA) is 54.2 Å². The minimum atomic E-state index is 0.296. The van der Waals surface area contributed by atoms with Gasteiger partial charge in [-0.05, 0) is 26.4 Å². The average molecular weight is 298 g/mol. The summed E-state index contributed by atoms with van der Waals surface area (Å²) in [5.41, 5.74) is 0. The molecule has 0 bridgehead atoms. The summed E-state index contributed by atoms with van der Waals surface area (Å²) < 4.78 is 5.44. The van der Waals surface area contributed by atoms with E-state index in [-0.39, 0.29) is 0 Å². The fourth-order valence-electron chi connectivity index (χ4n) is 2.53. The lowest BCUT2D eigenvalue weighted by Gasteiger charge is -2.29. The van der Waals surface area contributed by atoms with Crippen molar-refractivity contribution in [3.05, 3.63) is 11.7 Å². The van der Waals surface area contributed by atoms with Gasteiger partial charge in [-0.1, -0.05) is 19.0 Å². The van der Waals surface area contributed by atoms with E-state index in [1.807, 2.05) is 18.8 Å². The molecule has 1 aromatic rings. The zero-order valence-electron chi connectivity index (χ0n) is 12.9. The van der Waals surface area contributed by atoms with E-state index >= 15 is 0 Å². The van der Waals surface area contributed by atoms with Crippen LogP contribution in [0.4, 0.5) is 0 Å². The second-order valence-electron chi connectivity index (χ2n) is 5.94. The molecular formula is C14H26N4OS. The molecule has 0 aromatic carbocycles. The number of thioether (sulfide) groups is 1. The molecule has 0 saturated carbocycles. The molecule has 0 amide bonds. The summed E-state index contributed by atoms with van der Waals surface area (Å²) in [6.45, 7) is 5.56. The van der Waals surface area contributed by atoms with E-state index in [0.29, 0.717) is 18.0 Å². The van der Waals surface area contributed by atoms with E-state index in [0.717, 1.165) is 36.9 Å². The van der Waals surface area contributed by atoms with Gasteiger partial charge in [0.25, 0.3) is 0 Å². The maximum Gasteiger partial charge on any atom is 0.228 e. The van der Waals surface area contributed by atoms with Crippen LogP contribution in [0.5, 0.6) is 0 Å². The molecule has 114 valence electrons. The minimum absolute atomic E-state index is 0.296. The largest absolute Gasteiger partial charge is 0.339 e. The number of nitrogens with zero attached hydrogens (tertiary/aromatic N) is 3. The summed E-state index contributed by atoms with van der Waals surface area (Å²) in [4.78, 5) is 6.92. The Morgan fingerprint density at radius 2 is 2.30 bits per heavy atom. The standard InChI is InChI=1S/C14H26N4OS/c1-10(2)7-11(15-3)8-13-16-14(17-19-13)12-9-20-6-5-18(12)4/h10-12,15H,5-9H2,1-4H3. The molecule has 0 radical (unpaired) electrons. The van der Waals surface area contributed by atoms with Crippen LogP contribution < -0.4 is 5.32 Å². The molecule has 1 N–H and O–H groups in total. The predicted octanol–water partition coefficient (Wildman–Crippen LogP) is 1.97. The Labute approximate surface area is 125 Å². The predicted molar refractivity (Wildman–Crippen MR) is 83.0 cm³/mol. The van der Waals surface area contributed by atoms with Crippen molar-refractivity contribution in [2.24, 2.45) is 5.92 Å². The first-order valence-electron chi connectivity index (χ1n) is 7.38. The molecule has 5 nitrogen and oxygen atoms in total. The lowest BCUT2D eigenvalue weighted by Crippen LogP contribution is -2.33. The van der Waals surface area contributed by atoms with Crippen molar-refractivity contribution in [1.29, 1.82) is 0 Å². The number of hydrogen-bond acceptors (Lipinski definition) is 6. The van der Waals surface area contributed by atoms with Gasteiger partial charge < -0.3 is 9.84 Å². The average Bonchev–Trinajstić information content (AvgIpc) is 2.86. The van der Waals surface area contributed by atoms with Crippen molar-refractivity contribution in [3.8, 4) is 0 Å². The number of likely N-dealkylation sites (N-methyl/N-ethyl adjacent to an activating group) is 1. The molecule has 20 heavy (non-hydrogen) atoms. The number of rotatable bonds is 6. The number of hydrogen-bond donors (Lipinski definition) is 1. The molecule has 2 unspecified atom stereocenters. The van der Waals surface area contributed by atoms with Gasteiger partial charge in [0, 0.05) is 30.5 Å². The summed E-state index contributed by atoms with van der Waals surface area (Å²) in [6.07, 6.45) is 1.93. The molecule has 6 heteroatoms. The van der Waals surface area contributed by atoms with Crippen molar-refractivity contribution in [2.45, 2.75) is 38.8 Å². The van der Waals surface area contributed by atoms with Crippen LogP contribution >= 0.6 is 11.8 Å². The highest BCUT2D eigenvalue weighted by molar-refractivity contribution is 7.99. The van der Waals surface area contributed by atoms with E-state index in [1.54, 1.807) is 0 Å². The normalized spacial score (nSPS) is 22.4. The summed E-state index contributed by atoms with van der Waals surface area (Å²) in [5, 5.41) is 7.53. The SMILES string of the molecule is CNC(Cc1nc(C2CSCCN2C)no1)CC(C)C. The molecule has 1 fully saturated rings. The molecule has 1 aliphatic rings. The van der Waals surface area contributed by atoms with Gasteiger partial charge in [-0.3, -0.25) is 4.90 Å². The quantitative estimate of drug-likeness (QED) is 0.866. The third-order valence-corrected chi connectivity index (χ3v) is 4.79. The molecule has 1 aromatic heterocycles. The van der Waals surface area contributed by atoms with E-state index in [1.165, 1.54) is 5.75 Å². The Morgan fingerprint density at radius 1 is 1.50 bits per heavy atom. The van der Waals surface area contributed by atoms with Crippen molar-refractivity contribution in [3.63, 3.8) is 0 Å². The van der Waals surface area contributed by atoms with Crippen molar-refractivity contribution in [1.82, 2.24) is 20.4 Å². The van der Waals surface area contributed by atoms with Gasteiger partial charge >= 0.3 is 0 Å². The molecule has 2 atom stereocenters. The lowest BCUT2D eigenvalue weighted by molar-refractivity contribution is 0.256. The van der Waals surface area contributed by atoms with Crippen LogP contribution in [-0.4, -0.2) is 53.2 Å². The van der Waals surface area contributed by atoms with Crippen molar-refractivity contribution in [2.75, 3.05) is 32.1 Å². The Morgan fingerprint density at radius 3 is 2.95 bits per heavy atom. The van der Waals surface area contributed by atoms with E-state index < -0.39 is 0 Å². The fraction of sp³-hybridized carbons (Fsp3) is 0.857. The van der Waals surface area contributed by atoms with E-state index in [2.05, 4.69) is 41.3 Å². The summed E-state index contributed by atoms with van der Waals surface area (Å²) in [6, 6.07) is 0.700. The third-order valence-electron chi connectivity index (χ3n) is 3.76. The van der Waals surface area contributed by atoms with Crippen molar-refractivity contribution >= 4 is 11.8 Å². The molecule has 0 spiro atoms. The maximum atomic E-state index is 5.44. The molecule has 2 rings (SSSR count). The number of nitrogens with one attached hydrogen (secondary N) is 1. The summed E-state index contributed by atoms with van der Waals surface area (Å²) >= 11 is 1.96. The molecule has 2 heterocycles. The van der Waals surface area contributed by atoms with Crippen LogP contribution in [0.25, 0.3) is 0 Å². The number of aromatic nitrogens is 2. The smallest absolute Gasteiger partial charge is 0.228 e. The van der Waals surface area contributed by atoms with Crippen molar-refractivity contribution < 1.29 is 4.52 Å². The van der Waals surface area contributed by atoms with Crippen LogP contribution in [0.15, 0.2) is 4.52 Å².